The largest absolute Gasteiger partial charge is 0.306 e. The van der Waals surface area contributed by atoms with Crippen LogP contribution in [0.3, 0.4) is 0 Å². The summed E-state index contributed by atoms with van der Waals surface area (Å²) in [5.41, 5.74) is 0.951. The molecule has 3 rings (SSSR count). The molecule has 118 valence electrons. The fourth-order valence-electron chi connectivity index (χ4n) is 2.52. The lowest BCUT2D eigenvalue weighted by molar-refractivity contribution is -0.114. The summed E-state index contributed by atoms with van der Waals surface area (Å²) in [6.45, 7) is 5.12. The summed E-state index contributed by atoms with van der Waals surface area (Å²) >= 11 is 1.45. The van der Waals surface area contributed by atoms with Crippen molar-refractivity contribution in [3.63, 3.8) is 0 Å². The van der Waals surface area contributed by atoms with Crippen molar-refractivity contribution in [2.24, 2.45) is 0 Å². The Morgan fingerprint density at radius 2 is 2.36 bits per heavy atom. The summed E-state index contributed by atoms with van der Waals surface area (Å²) in [6.07, 6.45) is 2.90. The lowest BCUT2D eigenvalue weighted by Gasteiger charge is -2.23. The quantitative estimate of drug-likeness (QED) is 0.869. The molecule has 0 unspecified atom stereocenters. The van der Waals surface area contributed by atoms with E-state index in [0.29, 0.717) is 17.7 Å². The third kappa shape index (κ3) is 3.50. The topological polar surface area (TPSA) is 84.7 Å². The molecule has 1 aliphatic heterocycles. The second-order valence-corrected chi connectivity index (χ2v) is 6.28. The predicted octanol–water partition coefficient (Wildman–Crippen LogP) is 1.36. The highest BCUT2D eigenvalue weighted by molar-refractivity contribution is 7.13. The van der Waals surface area contributed by atoms with E-state index >= 15 is 0 Å². The van der Waals surface area contributed by atoms with Crippen molar-refractivity contribution in [2.75, 3.05) is 5.32 Å². The number of carbonyl (C=O) groups is 1. The third-order valence-electron chi connectivity index (χ3n) is 3.62. The van der Waals surface area contributed by atoms with Gasteiger partial charge in [-0.1, -0.05) is 6.92 Å². The SMILES string of the molecule is CCc1nc2n(n1)C[C@H](NCc1csc(NC(C)=O)n1)CC2. The first kappa shape index (κ1) is 15.1. The highest BCUT2D eigenvalue weighted by Crippen LogP contribution is 2.17. The van der Waals surface area contributed by atoms with Crippen molar-refractivity contribution >= 4 is 22.4 Å². The Bertz CT molecular complexity index is 664. The van der Waals surface area contributed by atoms with E-state index in [-0.39, 0.29) is 5.91 Å². The molecule has 2 aromatic rings. The number of carbonyl (C=O) groups excluding carboxylic acids is 1. The molecular weight excluding hydrogens is 300 g/mol. The van der Waals surface area contributed by atoms with Crippen molar-refractivity contribution in [3.8, 4) is 0 Å². The number of aryl methyl sites for hydroxylation is 2. The first-order valence-electron chi connectivity index (χ1n) is 7.52. The van der Waals surface area contributed by atoms with E-state index in [1.807, 2.05) is 10.1 Å². The molecule has 7 nitrogen and oxygen atoms in total. The average Bonchev–Trinajstić information content (AvgIpc) is 3.09. The fourth-order valence-corrected chi connectivity index (χ4v) is 3.28. The molecular formula is C14H20N6OS. The van der Waals surface area contributed by atoms with Crippen LogP contribution in [0, 0.1) is 0 Å². The van der Waals surface area contributed by atoms with E-state index < -0.39 is 0 Å². The van der Waals surface area contributed by atoms with Gasteiger partial charge in [-0.05, 0) is 6.42 Å². The van der Waals surface area contributed by atoms with Crippen LogP contribution >= 0.6 is 11.3 Å². The standard InChI is InChI=1S/C14H20N6OS/c1-3-12-18-13-5-4-10(7-20(13)19-12)15-6-11-8-22-14(17-11)16-9(2)21/h8,10,15H,3-7H2,1-2H3,(H,16,17,21)/t10-/m1/s1. The van der Waals surface area contributed by atoms with Crippen LogP contribution in [0.5, 0.6) is 0 Å². The average molecular weight is 320 g/mol. The molecule has 0 aromatic carbocycles. The molecule has 0 spiro atoms. The van der Waals surface area contributed by atoms with Gasteiger partial charge in [0.25, 0.3) is 0 Å². The van der Waals surface area contributed by atoms with Crippen LogP contribution in [0.4, 0.5) is 5.13 Å². The molecule has 1 atom stereocenters. The van der Waals surface area contributed by atoms with Gasteiger partial charge in [-0.25, -0.2) is 14.6 Å². The van der Waals surface area contributed by atoms with Gasteiger partial charge in [-0.3, -0.25) is 4.79 Å². The van der Waals surface area contributed by atoms with Gasteiger partial charge in [0.15, 0.2) is 11.0 Å². The van der Waals surface area contributed by atoms with Crippen molar-refractivity contribution in [1.82, 2.24) is 25.1 Å². The number of nitrogens with one attached hydrogen (secondary N) is 2. The number of aromatic nitrogens is 4. The molecule has 0 bridgehead atoms. The Balaban J connectivity index is 1.54. The normalized spacial score (nSPS) is 17.3. The van der Waals surface area contributed by atoms with E-state index in [0.717, 1.165) is 43.1 Å². The maximum absolute atomic E-state index is 11.0. The first-order valence-corrected chi connectivity index (χ1v) is 8.40. The molecule has 22 heavy (non-hydrogen) atoms. The zero-order valence-electron chi connectivity index (χ0n) is 12.8. The van der Waals surface area contributed by atoms with Gasteiger partial charge in [-0.2, -0.15) is 5.10 Å². The Labute approximate surface area is 133 Å². The fraction of sp³-hybridized carbons (Fsp3) is 0.571. The van der Waals surface area contributed by atoms with Gasteiger partial charge in [0.05, 0.1) is 12.2 Å². The summed E-state index contributed by atoms with van der Waals surface area (Å²) < 4.78 is 2.02. The van der Waals surface area contributed by atoms with Crippen LogP contribution in [0.25, 0.3) is 0 Å². The minimum atomic E-state index is -0.0911. The highest BCUT2D eigenvalue weighted by Gasteiger charge is 2.21. The van der Waals surface area contributed by atoms with Gasteiger partial charge in [-0.15, -0.1) is 11.3 Å². The second kappa shape index (κ2) is 6.53. The number of amides is 1. The number of fused-ring (bicyclic) bond motifs is 1. The molecule has 0 radical (unpaired) electrons. The van der Waals surface area contributed by atoms with Gasteiger partial charge >= 0.3 is 0 Å². The molecule has 0 fully saturated rings. The number of nitrogens with zero attached hydrogens (tertiary/aromatic N) is 4. The summed E-state index contributed by atoms with van der Waals surface area (Å²) in [5.74, 6) is 1.93. The molecule has 0 aliphatic carbocycles. The van der Waals surface area contributed by atoms with Crippen LogP contribution in [0.1, 0.15) is 37.6 Å². The molecule has 0 saturated heterocycles. The van der Waals surface area contributed by atoms with Crippen molar-refractivity contribution in [2.45, 2.75) is 52.2 Å². The van der Waals surface area contributed by atoms with E-state index in [4.69, 9.17) is 0 Å². The molecule has 2 aromatic heterocycles. The predicted molar refractivity (Wildman–Crippen MR) is 84.8 cm³/mol. The van der Waals surface area contributed by atoms with E-state index in [2.05, 4.69) is 32.6 Å². The van der Waals surface area contributed by atoms with Gasteiger partial charge in [0, 0.05) is 37.7 Å². The third-order valence-corrected chi connectivity index (χ3v) is 4.43. The zero-order chi connectivity index (χ0) is 15.5. The maximum Gasteiger partial charge on any atom is 0.223 e. The van der Waals surface area contributed by atoms with Gasteiger partial charge in [0.2, 0.25) is 5.91 Å². The molecule has 0 saturated carbocycles. The van der Waals surface area contributed by atoms with E-state index in [1.165, 1.54) is 18.3 Å². The first-order chi connectivity index (χ1) is 10.6. The van der Waals surface area contributed by atoms with E-state index in [9.17, 15) is 4.79 Å². The number of rotatable bonds is 5. The highest BCUT2D eigenvalue weighted by atomic mass is 32.1. The monoisotopic (exact) mass is 320 g/mol. The Morgan fingerprint density at radius 3 is 3.14 bits per heavy atom. The molecule has 3 heterocycles. The van der Waals surface area contributed by atoms with Crippen LogP contribution in [0.2, 0.25) is 0 Å². The van der Waals surface area contributed by atoms with Gasteiger partial charge in [0.1, 0.15) is 5.82 Å². The number of hydrogen-bond acceptors (Lipinski definition) is 6. The van der Waals surface area contributed by atoms with Crippen LogP contribution in [-0.4, -0.2) is 31.7 Å². The number of hydrogen-bond donors (Lipinski definition) is 2. The number of thiazole rings is 1. The van der Waals surface area contributed by atoms with Crippen molar-refractivity contribution < 1.29 is 4.79 Å². The van der Waals surface area contributed by atoms with Crippen LogP contribution in [-0.2, 0) is 30.7 Å². The molecule has 1 aliphatic rings. The minimum absolute atomic E-state index is 0.0911. The van der Waals surface area contributed by atoms with Crippen molar-refractivity contribution in [3.05, 3.63) is 22.7 Å². The molecule has 8 heteroatoms. The summed E-state index contributed by atoms with van der Waals surface area (Å²) in [7, 11) is 0. The van der Waals surface area contributed by atoms with E-state index in [1.54, 1.807) is 0 Å². The smallest absolute Gasteiger partial charge is 0.223 e. The number of anilines is 1. The molecule has 2 N–H and O–H groups in total. The summed E-state index contributed by atoms with van der Waals surface area (Å²) in [6, 6.07) is 0.379. The zero-order valence-corrected chi connectivity index (χ0v) is 13.6. The van der Waals surface area contributed by atoms with Crippen LogP contribution < -0.4 is 10.6 Å². The summed E-state index contributed by atoms with van der Waals surface area (Å²) in [5, 5.41) is 13.4. The van der Waals surface area contributed by atoms with Crippen LogP contribution in [0.15, 0.2) is 5.38 Å². The Morgan fingerprint density at radius 1 is 1.50 bits per heavy atom. The van der Waals surface area contributed by atoms with Crippen molar-refractivity contribution in [1.29, 1.82) is 0 Å². The lowest BCUT2D eigenvalue weighted by atomic mass is 10.1. The van der Waals surface area contributed by atoms with Gasteiger partial charge < -0.3 is 10.6 Å². The summed E-state index contributed by atoms with van der Waals surface area (Å²) in [4.78, 5) is 19.9. The second-order valence-electron chi connectivity index (χ2n) is 5.42. The maximum atomic E-state index is 11.0. The molecule has 1 amide bonds. The minimum Gasteiger partial charge on any atom is -0.306 e. The lowest BCUT2D eigenvalue weighted by Crippen LogP contribution is -2.37. The Hall–Kier alpha value is -1.80. The Kier molecular flexibility index (Phi) is 4.49.